The summed E-state index contributed by atoms with van der Waals surface area (Å²) in [6.45, 7) is 0. The van der Waals surface area contributed by atoms with Gasteiger partial charge in [0.2, 0.25) is 0 Å². The van der Waals surface area contributed by atoms with Gasteiger partial charge in [0.1, 0.15) is 4.90 Å². The summed E-state index contributed by atoms with van der Waals surface area (Å²) in [5.74, 6) is 0. The van der Waals surface area contributed by atoms with Gasteiger partial charge in [-0.2, -0.15) is 8.42 Å². The molecule has 0 radical (unpaired) electrons. The van der Waals surface area contributed by atoms with E-state index in [2.05, 4.69) is 0 Å². The van der Waals surface area contributed by atoms with Crippen LogP contribution in [0.25, 0.3) is 0 Å². The first-order chi connectivity index (χ1) is 11.1. The molecule has 0 amide bonds. The third kappa shape index (κ3) is 3.26. The van der Waals surface area contributed by atoms with Gasteiger partial charge < -0.3 is 4.90 Å². The third-order valence-electron chi connectivity index (χ3n) is 3.41. The lowest BCUT2D eigenvalue weighted by atomic mass is 10.2. The highest BCUT2D eigenvalue weighted by molar-refractivity contribution is 7.86. The first-order valence-electron chi connectivity index (χ1n) is 7.04. The van der Waals surface area contributed by atoms with Crippen molar-refractivity contribution in [3.8, 4) is 0 Å². The smallest absolute Gasteiger partial charge is 0.296 e. The Morgan fingerprint density at radius 3 is 1.57 bits per heavy atom. The van der Waals surface area contributed by atoms with Gasteiger partial charge >= 0.3 is 0 Å². The van der Waals surface area contributed by atoms with Crippen molar-refractivity contribution >= 4 is 27.2 Å². The van der Waals surface area contributed by atoms with Gasteiger partial charge in [0.15, 0.2) is 0 Å². The maximum atomic E-state index is 11.7. The average Bonchev–Trinajstić information content (AvgIpc) is 2.57. The minimum atomic E-state index is -4.34. The number of para-hydroxylation sites is 3. The summed E-state index contributed by atoms with van der Waals surface area (Å²) in [6, 6.07) is 25.2. The summed E-state index contributed by atoms with van der Waals surface area (Å²) < 4.78 is 33.1. The van der Waals surface area contributed by atoms with Crippen LogP contribution in [0.2, 0.25) is 0 Å². The largest absolute Gasteiger partial charge is 0.309 e. The highest BCUT2D eigenvalue weighted by Gasteiger charge is 2.21. The number of rotatable bonds is 4. The van der Waals surface area contributed by atoms with Gasteiger partial charge in [0.25, 0.3) is 10.1 Å². The van der Waals surface area contributed by atoms with E-state index in [1.165, 1.54) is 6.07 Å². The molecule has 4 nitrogen and oxygen atoms in total. The Hall–Kier alpha value is -2.63. The minimum absolute atomic E-state index is 0.132. The lowest BCUT2D eigenvalue weighted by Crippen LogP contribution is -2.13. The first-order valence-corrected chi connectivity index (χ1v) is 8.48. The summed E-state index contributed by atoms with van der Waals surface area (Å²) in [5, 5.41) is 0. The van der Waals surface area contributed by atoms with Crippen LogP contribution in [0, 0.1) is 0 Å². The van der Waals surface area contributed by atoms with Gasteiger partial charge in [0, 0.05) is 11.4 Å². The molecule has 3 aromatic carbocycles. The highest BCUT2D eigenvalue weighted by Crippen LogP contribution is 2.37. The molecule has 0 saturated carbocycles. The van der Waals surface area contributed by atoms with Crippen LogP contribution < -0.4 is 4.90 Å². The van der Waals surface area contributed by atoms with Gasteiger partial charge in [-0.3, -0.25) is 4.55 Å². The Morgan fingerprint density at radius 2 is 1.09 bits per heavy atom. The molecule has 0 aliphatic carbocycles. The van der Waals surface area contributed by atoms with E-state index in [1.807, 2.05) is 60.7 Å². The summed E-state index contributed by atoms with van der Waals surface area (Å²) >= 11 is 0. The van der Waals surface area contributed by atoms with Crippen LogP contribution in [0.15, 0.2) is 89.8 Å². The summed E-state index contributed by atoms with van der Waals surface area (Å²) in [4.78, 5) is 1.66. The molecule has 5 heteroatoms. The number of hydrogen-bond donors (Lipinski definition) is 1. The quantitative estimate of drug-likeness (QED) is 0.722. The zero-order chi connectivity index (χ0) is 16.3. The lowest BCUT2D eigenvalue weighted by molar-refractivity contribution is 0.483. The standard InChI is InChI=1S/C18H15NO3S/c20-23(21,22)18-14-8-7-13-17(18)19(15-9-3-1-4-10-15)16-11-5-2-6-12-16/h1-14H,(H,20,21,22). The second-order valence-corrected chi connectivity index (χ2v) is 6.34. The molecular formula is C18H15NO3S. The van der Waals surface area contributed by atoms with Crippen molar-refractivity contribution in [1.82, 2.24) is 0 Å². The lowest BCUT2D eigenvalue weighted by Gasteiger charge is -2.26. The predicted molar refractivity (Wildman–Crippen MR) is 90.9 cm³/mol. The fourth-order valence-corrected chi connectivity index (χ4v) is 3.12. The molecule has 0 aliphatic heterocycles. The van der Waals surface area contributed by atoms with Crippen molar-refractivity contribution in [2.45, 2.75) is 4.90 Å². The van der Waals surface area contributed by atoms with Crippen molar-refractivity contribution < 1.29 is 13.0 Å². The zero-order valence-electron chi connectivity index (χ0n) is 12.2. The van der Waals surface area contributed by atoms with Crippen LogP contribution in [0.1, 0.15) is 0 Å². The molecule has 0 saturated heterocycles. The Labute approximate surface area is 135 Å². The van der Waals surface area contributed by atoms with Gasteiger partial charge in [0.05, 0.1) is 5.69 Å². The summed E-state index contributed by atoms with van der Waals surface area (Å²) in [6.07, 6.45) is 0. The minimum Gasteiger partial charge on any atom is -0.309 e. The monoisotopic (exact) mass is 325 g/mol. The molecular weight excluding hydrogens is 310 g/mol. The predicted octanol–water partition coefficient (Wildman–Crippen LogP) is 4.40. The van der Waals surface area contributed by atoms with E-state index >= 15 is 0 Å². The van der Waals surface area contributed by atoms with Crippen molar-refractivity contribution in [3.05, 3.63) is 84.9 Å². The number of benzene rings is 3. The molecule has 0 aromatic heterocycles. The summed E-state index contributed by atoms with van der Waals surface area (Å²) in [7, 11) is -4.34. The Balaban J connectivity index is 2.26. The highest BCUT2D eigenvalue weighted by atomic mass is 32.2. The molecule has 1 N–H and O–H groups in total. The number of hydrogen-bond acceptors (Lipinski definition) is 3. The van der Waals surface area contributed by atoms with Gasteiger partial charge in [-0.15, -0.1) is 0 Å². The molecule has 0 fully saturated rings. The Bertz CT molecular complexity index is 854. The van der Waals surface area contributed by atoms with Gasteiger partial charge in [-0.05, 0) is 36.4 Å². The molecule has 116 valence electrons. The molecule has 0 bridgehead atoms. The maximum Gasteiger partial charge on any atom is 0.296 e. The van der Waals surface area contributed by atoms with Crippen LogP contribution in [0.5, 0.6) is 0 Å². The molecule has 23 heavy (non-hydrogen) atoms. The fraction of sp³-hybridized carbons (Fsp3) is 0. The van der Waals surface area contributed by atoms with Crippen LogP contribution in [0.4, 0.5) is 17.1 Å². The third-order valence-corrected chi connectivity index (χ3v) is 4.31. The van der Waals surface area contributed by atoms with E-state index in [0.29, 0.717) is 5.69 Å². The fourth-order valence-electron chi connectivity index (χ4n) is 2.44. The SMILES string of the molecule is O=S(=O)(O)c1ccccc1N(c1ccccc1)c1ccccc1. The topological polar surface area (TPSA) is 57.6 Å². The van der Waals surface area contributed by atoms with Crippen molar-refractivity contribution in [2.75, 3.05) is 4.90 Å². The van der Waals surface area contributed by atoms with E-state index in [-0.39, 0.29) is 4.90 Å². The Morgan fingerprint density at radius 1 is 0.652 bits per heavy atom. The normalized spacial score (nSPS) is 11.2. The van der Waals surface area contributed by atoms with Crippen molar-refractivity contribution in [3.63, 3.8) is 0 Å². The van der Waals surface area contributed by atoms with E-state index in [0.717, 1.165) is 11.4 Å². The number of anilines is 3. The zero-order valence-corrected chi connectivity index (χ0v) is 13.0. The van der Waals surface area contributed by atoms with Crippen LogP contribution in [-0.2, 0) is 10.1 Å². The number of nitrogens with zero attached hydrogens (tertiary/aromatic N) is 1. The van der Waals surface area contributed by atoms with E-state index < -0.39 is 10.1 Å². The Kier molecular flexibility index (Phi) is 4.14. The molecule has 0 spiro atoms. The van der Waals surface area contributed by atoms with Crippen molar-refractivity contribution in [2.24, 2.45) is 0 Å². The second-order valence-electron chi connectivity index (χ2n) is 4.95. The van der Waals surface area contributed by atoms with Crippen LogP contribution in [-0.4, -0.2) is 13.0 Å². The van der Waals surface area contributed by atoms with E-state index in [9.17, 15) is 13.0 Å². The average molecular weight is 325 g/mol. The second kappa shape index (κ2) is 6.24. The van der Waals surface area contributed by atoms with Gasteiger partial charge in [-0.1, -0.05) is 48.5 Å². The molecule has 0 heterocycles. The van der Waals surface area contributed by atoms with E-state index in [1.54, 1.807) is 23.1 Å². The maximum absolute atomic E-state index is 11.7. The summed E-state index contributed by atoms with van der Waals surface area (Å²) in [5.41, 5.74) is 2.00. The van der Waals surface area contributed by atoms with Gasteiger partial charge in [-0.25, -0.2) is 0 Å². The molecule has 0 aliphatic rings. The molecule has 0 unspecified atom stereocenters. The first kappa shape index (κ1) is 15.3. The molecule has 3 aromatic rings. The van der Waals surface area contributed by atoms with Crippen molar-refractivity contribution in [1.29, 1.82) is 0 Å². The van der Waals surface area contributed by atoms with E-state index in [4.69, 9.17) is 0 Å². The molecule has 0 atom stereocenters. The molecule has 3 rings (SSSR count). The van der Waals surface area contributed by atoms with Crippen LogP contribution in [0.3, 0.4) is 0 Å². The van der Waals surface area contributed by atoms with Crippen LogP contribution >= 0.6 is 0 Å².